The number of morpholine rings is 1. The normalized spacial score (nSPS) is 23.7. The van der Waals surface area contributed by atoms with E-state index in [9.17, 15) is 5.11 Å². The molecule has 0 radical (unpaired) electrons. The molecule has 1 heterocycles. The number of benzene rings is 1. The maximum Gasteiger partial charge on any atom is 0.0949 e. The quantitative estimate of drug-likeness (QED) is 0.770. The summed E-state index contributed by atoms with van der Waals surface area (Å²) in [6.07, 6.45) is -0.293. The van der Waals surface area contributed by atoms with Crippen molar-refractivity contribution in [1.29, 1.82) is 0 Å². The maximum atomic E-state index is 9.49. The Labute approximate surface area is 90.1 Å². The van der Waals surface area contributed by atoms with Gasteiger partial charge in [-0.2, -0.15) is 0 Å². The van der Waals surface area contributed by atoms with Crippen LogP contribution in [0.1, 0.15) is 30.3 Å². The number of rotatable bonds is 2. The van der Waals surface area contributed by atoms with Crippen LogP contribution in [-0.4, -0.2) is 24.8 Å². The Kier molecular flexibility index (Phi) is 3.36. The first-order valence-corrected chi connectivity index (χ1v) is 5.37. The van der Waals surface area contributed by atoms with Gasteiger partial charge in [0.05, 0.1) is 18.8 Å². The van der Waals surface area contributed by atoms with Crippen LogP contribution in [0.2, 0.25) is 0 Å². The van der Waals surface area contributed by atoms with E-state index in [1.807, 2.05) is 24.3 Å². The lowest BCUT2D eigenvalue weighted by Crippen LogP contribution is -2.33. The van der Waals surface area contributed by atoms with Crippen molar-refractivity contribution >= 4 is 0 Å². The summed E-state index contributed by atoms with van der Waals surface area (Å²) in [7, 11) is 0. The fourth-order valence-corrected chi connectivity index (χ4v) is 1.80. The summed E-state index contributed by atoms with van der Waals surface area (Å²) in [5, 5.41) is 12.8. The van der Waals surface area contributed by atoms with Gasteiger partial charge in [-0.1, -0.05) is 24.3 Å². The lowest BCUT2D eigenvalue weighted by molar-refractivity contribution is 0.0275. The van der Waals surface area contributed by atoms with Crippen LogP contribution in [0.15, 0.2) is 24.3 Å². The van der Waals surface area contributed by atoms with Gasteiger partial charge in [0.25, 0.3) is 0 Å². The highest BCUT2D eigenvalue weighted by Crippen LogP contribution is 2.22. The van der Waals surface area contributed by atoms with Gasteiger partial charge in [0.1, 0.15) is 0 Å². The fraction of sp³-hybridized carbons (Fsp3) is 0.500. The Morgan fingerprint density at radius 2 is 2.40 bits per heavy atom. The Balaban J connectivity index is 2.16. The third-order valence-electron chi connectivity index (χ3n) is 2.69. The molecule has 2 atom stereocenters. The largest absolute Gasteiger partial charge is 0.389 e. The van der Waals surface area contributed by atoms with Crippen molar-refractivity contribution in [2.24, 2.45) is 0 Å². The summed E-state index contributed by atoms with van der Waals surface area (Å²) in [5.74, 6) is 0. The van der Waals surface area contributed by atoms with E-state index < -0.39 is 6.10 Å². The first-order valence-electron chi connectivity index (χ1n) is 5.37. The molecule has 3 heteroatoms. The molecule has 1 aromatic rings. The number of ether oxygens (including phenoxy) is 1. The van der Waals surface area contributed by atoms with Crippen molar-refractivity contribution in [3.05, 3.63) is 35.4 Å². The van der Waals surface area contributed by atoms with Crippen molar-refractivity contribution < 1.29 is 9.84 Å². The molecule has 1 aliphatic heterocycles. The summed E-state index contributed by atoms with van der Waals surface area (Å²) < 4.78 is 5.65. The summed E-state index contributed by atoms with van der Waals surface area (Å²) >= 11 is 0. The zero-order valence-electron chi connectivity index (χ0n) is 8.94. The standard InChI is InChI=1S/C12H17NO2/c1-9(14)10-3-2-4-11(7-10)12-8-13-5-6-15-12/h2-4,7,9,12-14H,5-6,8H2,1H3. The first-order chi connectivity index (χ1) is 7.27. The molecule has 1 fully saturated rings. The van der Waals surface area contributed by atoms with Crippen molar-refractivity contribution in [2.45, 2.75) is 19.1 Å². The average molecular weight is 207 g/mol. The second-order valence-corrected chi connectivity index (χ2v) is 3.91. The van der Waals surface area contributed by atoms with Crippen LogP contribution in [0.5, 0.6) is 0 Å². The second kappa shape index (κ2) is 4.75. The molecule has 1 aliphatic rings. The molecule has 2 unspecified atom stereocenters. The van der Waals surface area contributed by atoms with E-state index in [2.05, 4.69) is 5.32 Å². The van der Waals surface area contributed by atoms with Gasteiger partial charge in [-0.3, -0.25) is 0 Å². The van der Waals surface area contributed by atoms with E-state index >= 15 is 0 Å². The Bertz CT molecular complexity index is 319. The highest BCUT2D eigenvalue weighted by atomic mass is 16.5. The van der Waals surface area contributed by atoms with E-state index in [0.29, 0.717) is 0 Å². The third kappa shape index (κ3) is 2.56. The molecule has 0 aromatic heterocycles. The minimum atomic E-state index is -0.415. The summed E-state index contributed by atoms with van der Waals surface area (Å²) in [5.41, 5.74) is 2.09. The van der Waals surface area contributed by atoms with E-state index in [-0.39, 0.29) is 6.10 Å². The van der Waals surface area contributed by atoms with Crippen LogP contribution in [0.3, 0.4) is 0 Å². The zero-order chi connectivity index (χ0) is 10.7. The maximum absolute atomic E-state index is 9.49. The average Bonchev–Trinajstić information content (AvgIpc) is 2.30. The van der Waals surface area contributed by atoms with Gasteiger partial charge in [-0.15, -0.1) is 0 Å². The number of hydrogen-bond donors (Lipinski definition) is 2. The number of hydrogen-bond acceptors (Lipinski definition) is 3. The smallest absolute Gasteiger partial charge is 0.0949 e. The molecular formula is C12H17NO2. The van der Waals surface area contributed by atoms with Crippen LogP contribution in [0.4, 0.5) is 0 Å². The molecule has 3 nitrogen and oxygen atoms in total. The molecule has 0 bridgehead atoms. The predicted octanol–water partition coefficient (Wildman–Crippen LogP) is 1.40. The van der Waals surface area contributed by atoms with Crippen LogP contribution in [0, 0.1) is 0 Å². The van der Waals surface area contributed by atoms with Crippen LogP contribution in [-0.2, 0) is 4.74 Å². The predicted molar refractivity (Wildman–Crippen MR) is 58.6 cm³/mol. The van der Waals surface area contributed by atoms with Crippen molar-refractivity contribution in [3.63, 3.8) is 0 Å². The molecule has 82 valence electrons. The second-order valence-electron chi connectivity index (χ2n) is 3.91. The lowest BCUT2D eigenvalue weighted by atomic mass is 10.0. The summed E-state index contributed by atoms with van der Waals surface area (Å²) in [6, 6.07) is 7.96. The number of nitrogens with one attached hydrogen (secondary N) is 1. The van der Waals surface area contributed by atoms with Gasteiger partial charge in [0.2, 0.25) is 0 Å². The number of aliphatic hydroxyl groups excluding tert-OH is 1. The molecule has 0 aliphatic carbocycles. The monoisotopic (exact) mass is 207 g/mol. The molecule has 0 spiro atoms. The van der Waals surface area contributed by atoms with Gasteiger partial charge < -0.3 is 15.2 Å². The minimum absolute atomic E-state index is 0.123. The molecule has 1 aromatic carbocycles. The highest BCUT2D eigenvalue weighted by molar-refractivity contribution is 5.27. The Morgan fingerprint density at radius 1 is 1.53 bits per heavy atom. The highest BCUT2D eigenvalue weighted by Gasteiger charge is 2.16. The molecule has 0 saturated carbocycles. The lowest BCUT2D eigenvalue weighted by Gasteiger charge is -2.24. The van der Waals surface area contributed by atoms with Gasteiger partial charge in [0.15, 0.2) is 0 Å². The summed E-state index contributed by atoms with van der Waals surface area (Å²) in [4.78, 5) is 0. The molecular weight excluding hydrogens is 190 g/mol. The van der Waals surface area contributed by atoms with Crippen LogP contribution >= 0.6 is 0 Å². The van der Waals surface area contributed by atoms with Crippen LogP contribution in [0.25, 0.3) is 0 Å². The molecule has 0 amide bonds. The fourth-order valence-electron chi connectivity index (χ4n) is 1.80. The number of aliphatic hydroxyl groups is 1. The SMILES string of the molecule is CC(O)c1cccc(C2CNCCO2)c1. The minimum Gasteiger partial charge on any atom is -0.389 e. The van der Waals surface area contributed by atoms with Crippen molar-refractivity contribution in [3.8, 4) is 0 Å². The van der Waals surface area contributed by atoms with E-state index in [1.165, 1.54) is 0 Å². The van der Waals surface area contributed by atoms with E-state index in [0.717, 1.165) is 30.8 Å². The molecule has 1 saturated heterocycles. The molecule has 15 heavy (non-hydrogen) atoms. The third-order valence-corrected chi connectivity index (χ3v) is 2.69. The Morgan fingerprint density at radius 3 is 3.07 bits per heavy atom. The first kappa shape index (κ1) is 10.6. The van der Waals surface area contributed by atoms with E-state index in [1.54, 1.807) is 6.92 Å². The van der Waals surface area contributed by atoms with Gasteiger partial charge in [-0.05, 0) is 18.1 Å². The van der Waals surface area contributed by atoms with Gasteiger partial charge in [-0.25, -0.2) is 0 Å². The molecule has 2 rings (SSSR count). The topological polar surface area (TPSA) is 41.5 Å². The molecule has 2 N–H and O–H groups in total. The van der Waals surface area contributed by atoms with Gasteiger partial charge >= 0.3 is 0 Å². The summed E-state index contributed by atoms with van der Waals surface area (Å²) in [6.45, 7) is 4.30. The van der Waals surface area contributed by atoms with E-state index in [4.69, 9.17) is 4.74 Å². The Hall–Kier alpha value is -0.900. The zero-order valence-corrected chi connectivity index (χ0v) is 8.94. The van der Waals surface area contributed by atoms with Crippen molar-refractivity contribution in [1.82, 2.24) is 5.32 Å². The van der Waals surface area contributed by atoms with Crippen LogP contribution < -0.4 is 5.32 Å². The van der Waals surface area contributed by atoms with Gasteiger partial charge in [0, 0.05) is 13.1 Å². The van der Waals surface area contributed by atoms with Crippen molar-refractivity contribution in [2.75, 3.05) is 19.7 Å².